The van der Waals surface area contributed by atoms with Crippen molar-refractivity contribution in [3.63, 3.8) is 0 Å². The van der Waals surface area contributed by atoms with Gasteiger partial charge in [0, 0.05) is 43.2 Å². The number of hydrogen-bond acceptors (Lipinski definition) is 4. The van der Waals surface area contributed by atoms with E-state index in [1.165, 1.54) is 13.0 Å². The molecule has 1 aromatic heterocycles. The summed E-state index contributed by atoms with van der Waals surface area (Å²) in [6, 6.07) is 6.30. The Morgan fingerprint density at radius 3 is 2.70 bits per heavy atom. The van der Waals surface area contributed by atoms with Crippen LogP contribution in [0.5, 0.6) is 0 Å². The average Bonchev–Trinajstić information content (AvgIpc) is 3.22. The van der Waals surface area contributed by atoms with Crippen LogP contribution in [0.25, 0.3) is 0 Å². The van der Waals surface area contributed by atoms with Crippen molar-refractivity contribution in [1.29, 1.82) is 0 Å². The second-order valence-corrected chi connectivity index (χ2v) is 7.99. The molecule has 1 amide bonds. The highest BCUT2D eigenvalue weighted by molar-refractivity contribution is 14.1. The normalized spacial score (nSPS) is 16.6. The van der Waals surface area contributed by atoms with E-state index in [4.69, 9.17) is 0 Å². The van der Waals surface area contributed by atoms with Crippen LogP contribution in [0.3, 0.4) is 0 Å². The molecule has 1 aliphatic rings. The second-order valence-electron chi connectivity index (χ2n) is 6.74. The van der Waals surface area contributed by atoms with Gasteiger partial charge in [0.25, 0.3) is 5.91 Å². The Morgan fingerprint density at radius 2 is 2.11 bits per heavy atom. The van der Waals surface area contributed by atoms with Crippen LogP contribution in [-0.4, -0.2) is 46.0 Å². The van der Waals surface area contributed by atoms with Crippen LogP contribution < -0.4 is 5.32 Å². The maximum absolute atomic E-state index is 14.3. The second kappa shape index (κ2) is 7.97. The van der Waals surface area contributed by atoms with E-state index in [0.717, 1.165) is 9.99 Å². The molecule has 2 N–H and O–H groups in total. The first-order chi connectivity index (χ1) is 12.8. The van der Waals surface area contributed by atoms with E-state index in [9.17, 15) is 19.1 Å². The lowest BCUT2D eigenvalue weighted by molar-refractivity contribution is 0.0783. The lowest BCUT2D eigenvalue weighted by atomic mass is 10.1. The van der Waals surface area contributed by atoms with Gasteiger partial charge in [-0.3, -0.25) is 9.59 Å². The van der Waals surface area contributed by atoms with Gasteiger partial charge in [-0.25, -0.2) is 4.39 Å². The molecule has 1 aromatic carbocycles. The number of carbonyl (C=O) groups excluding carboxylic acids is 2. The van der Waals surface area contributed by atoms with E-state index >= 15 is 0 Å². The molecule has 1 saturated heterocycles. The van der Waals surface area contributed by atoms with Gasteiger partial charge in [-0.05, 0) is 53.3 Å². The monoisotopic (exact) mass is 485 g/mol. The van der Waals surface area contributed by atoms with E-state index in [1.807, 2.05) is 22.6 Å². The molecule has 0 radical (unpaired) electrons. The molecule has 2 aromatic rings. The number of anilines is 2. The lowest BCUT2D eigenvalue weighted by Gasteiger charge is -2.18. The number of Topliss-reactive ketones (excluding diaryl/α,β-unsaturated/α-hetero) is 1. The summed E-state index contributed by atoms with van der Waals surface area (Å²) >= 11 is 2.02. The minimum atomic E-state index is -0.438. The fourth-order valence-corrected chi connectivity index (χ4v) is 3.76. The minimum absolute atomic E-state index is 0.0379. The van der Waals surface area contributed by atoms with Gasteiger partial charge in [-0.15, -0.1) is 0 Å². The third-order valence-corrected chi connectivity index (χ3v) is 5.51. The maximum Gasteiger partial charge on any atom is 0.257 e. The van der Waals surface area contributed by atoms with Crippen molar-refractivity contribution in [1.82, 2.24) is 9.47 Å². The molecular formula is C19H21FIN3O3. The van der Waals surface area contributed by atoms with Gasteiger partial charge in [0.05, 0.1) is 16.9 Å². The number of carbonyl (C=O) groups is 2. The van der Waals surface area contributed by atoms with Gasteiger partial charge in [0.15, 0.2) is 5.78 Å². The van der Waals surface area contributed by atoms with Crippen molar-refractivity contribution in [2.75, 3.05) is 25.0 Å². The molecule has 0 saturated carbocycles. The topological polar surface area (TPSA) is 74.6 Å². The number of aliphatic hydroxyl groups excluding tert-OH is 1. The van der Waals surface area contributed by atoms with Gasteiger partial charge in [-0.1, -0.05) is 0 Å². The van der Waals surface area contributed by atoms with Crippen molar-refractivity contribution in [2.45, 2.75) is 13.3 Å². The molecule has 0 spiro atoms. The third kappa shape index (κ3) is 4.01. The molecule has 0 unspecified atom stereocenters. The zero-order valence-corrected chi connectivity index (χ0v) is 17.3. The lowest BCUT2D eigenvalue weighted by Crippen LogP contribution is -2.29. The van der Waals surface area contributed by atoms with Gasteiger partial charge >= 0.3 is 0 Å². The van der Waals surface area contributed by atoms with Gasteiger partial charge in [-0.2, -0.15) is 0 Å². The quantitative estimate of drug-likeness (QED) is 0.504. The molecule has 2 heterocycles. The van der Waals surface area contributed by atoms with Crippen LogP contribution in [0, 0.1) is 15.3 Å². The number of benzene rings is 1. The molecule has 0 bridgehead atoms. The van der Waals surface area contributed by atoms with Crippen molar-refractivity contribution in [2.24, 2.45) is 13.0 Å². The van der Waals surface area contributed by atoms with Crippen LogP contribution in [-0.2, 0) is 7.05 Å². The van der Waals surface area contributed by atoms with E-state index < -0.39 is 5.82 Å². The number of nitrogens with one attached hydrogen (secondary N) is 1. The SMILES string of the molecule is CC(=O)c1cc(C(=O)N2CC[C@@H](CO)C2)c(Nc2ccc(I)cc2F)n1C. The van der Waals surface area contributed by atoms with Crippen LogP contribution in [0.15, 0.2) is 24.3 Å². The van der Waals surface area contributed by atoms with Crippen molar-refractivity contribution < 1.29 is 19.1 Å². The molecule has 27 heavy (non-hydrogen) atoms. The number of rotatable bonds is 5. The van der Waals surface area contributed by atoms with Crippen LogP contribution in [0.2, 0.25) is 0 Å². The summed E-state index contributed by atoms with van der Waals surface area (Å²) in [7, 11) is 1.67. The first-order valence-electron chi connectivity index (χ1n) is 8.64. The zero-order chi connectivity index (χ0) is 19.7. The van der Waals surface area contributed by atoms with Gasteiger partial charge in [0.2, 0.25) is 0 Å². The Bertz CT molecular complexity index is 897. The van der Waals surface area contributed by atoms with Crippen molar-refractivity contribution in [3.8, 4) is 0 Å². The predicted octanol–water partition coefficient (Wildman–Crippen LogP) is 3.17. The Kier molecular flexibility index (Phi) is 5.85. The number of aliphatic hydroxyl groups is 1. The number of aromatic nitrogens is 1. The van der Waals surface area contributed by atoms with Crippen molar-refractivity contribution in [3.05, 3.63) is 44.9 Å². The smallest absolute Gasteiger partial charge is 0.257 e. The number of halogens is 2. The molecule has 0 aliphatic carbocycles. The zero-order valence-electron chi connectivity index (χ0n) is 15.1. The van der Waals surface area contributed by atoms with Gasteiger partial charge in [0.1, 0.15) is 11.6 Å². The Balaban J connectivity index is 1.99. The fraction of sp³-hybridized carbons (Fsp3) is 0.368. The summed E-state index contributed by atoms with van der Waals surface area (Å²) in [6.07, 6.45) is 0.739. The third-order valence-electron chi connectivity index (χ3n) is 4.84. The van der Waals surface area contributed by atoms with Crippen LogP contribution in [0.1, 0.15) is 34.2 Å². The number of ketones is 1. The van der Waals surface area contributed by atoms with E-state index in [-0.39, 0.29) is 29.9 Å². The average molecular weight is 485 g/mol. The van der Waals surface area contributed by atoms with Crippen molar-refractivity contribution >= 4 is 45.8 Å². The first-order valence-corrected chi connectivity index (χ1v) is 9.72. The largest absolute Gasteiger partial charge is 0.396 e. The summed E-state index contributed by atoms with van der Waals surface area (Å²) in [6.45, 7) is 2.48. The van der Waals surface area contributed by atoms with E-state index in [2.05, 4.69) is 5.32 Å². The standard InChI is InChI=1S/C19H21FIN3O3/c1-11(26)17-8-14(19(27)24-6-5-12(9-24)10-25)18(23(17)2)22-16-4-3-13(21)7-15(16)20/h3-4,7-8,12,22,25H,5-6,9-10H2,1-2H3/t12-/m1/s1. The minimum Gasteiger partial charge on any atom is -0.396 e. The first kappa shape index (κ1) is 19.8. The molecule has 1 atom stereocenters. The molecule has 8 heteroatoms. The number of nitrogens with zero attached hydrogens (tertiary/aromatic N) is 2. The summed E-state index contributed by atoms with van der Waals surface area (Å²) < 4.78 is 16.6. The summed E-state index contributed by atoms with van der Waals surface area (Å²) in [4.78, 5) is 26.7. The fourth-order valence-electron chi connectivity index (χ4n) is 3.31. The molecule has 6 nitrogen and oxygen atoms in total. The number of amides is 1. The summed E-state index contributed by atoms with van der Waals surface area (Å²) in [5.41, 5.74) is 0.916. The van der Waals surface area contributed by atoms with Gasteiger partial charge < -0.3 is 19.9 Å². The Morgan fingerprint density at radius 1 is 1.37 bits per heavy atom. The van der Waals surface area contributed by atoms with E-state index in [0.29, 0.717) is 30.2 Å². The molecule has 1 aliphatic heterocycles. The predicted molar refractivity (Wildman–Crippen MR) is 109 cm³/mol. The van der Waals surface area contributed by atoms with E-state index in [1.54, 1.807) is 34.7 Å². The summed E-state index contributed by atoms with van der Waals surface area (Å²) in [5, 5.41) is 12.3. The molecule has 144 valence electrons. The number of hydrogen-bond donors (Lipinski definition) is 2. The Labute approximate surface area is 170 Å². The van der Waals surface area contributed by atoms with Crippen LogP contribution in [0.4, 0.5) is 15.9 Å². The number of likely N-dealkylation sites (tertiary alicyclic amines) is 1. The summed E-state index contributed by atoms with van der Waals surface area (Å²) in [5.74, 6) is -0.417. The molecular weight excluding hydrogens is 464 g/mol. The molecule has 3 rings (SSSR count). The maximum atomic E-state index is 14.3. The Hall–Kier alpha value is -1.94. The highest BCUT2D eigenvalue weighted by Gasteiger charge is 2.30. The molecule has 1 fully saturated rings. The highest BCUT2D eigenvalue weighted by atomic mass is 127. The highest BCUT2D eigenvalue weighted by Crippen LogP contribution is 2.29. The van der Waals surface area contributed by atoms with Crippen LogP contribution >= 0.6 is 22.6 Å².